The third kappa shape index (κ3) is 3.06. The molecule has 0 amide bonds. The van der Waals surface area contributed by atoms with E-state index < -0.39 is 5.97 Å². The van der Waals surface area contributed by atoms with Crippen molar-refractivity contribution in [1.29, 1.82) is 0 Å². The number of benzene rings is 2. The van der Waals surface area contributed by atoms with Crippen molar-refractivity contribution in [3.05, 3.63) is 59.2 Å². The van der Waals surface area contributed by atoms with Gasteiger partial charge in [-0.3, -0.25) is 0 Å². The van der Waals surface area contributed by atoms with E-state index in [0.29, 0.717) is 6.61 Å². The number of ether oxygens (including phenoxy) is 1. The van der Waals surface area contributed by atoms with Gasteiger partial charge in [-0.2, -0.15) is 0 Å². The van der Waals surface area contributed by atoms with Crippen LogP contribution in [0.3, 0.4) is 0 Å². The second kappa shape index (κ2) is 6.10. The minimum absolute atomic E-state index is 0.0866. The summed E-state index contributed by atoms with van der Waals surface area (Å²) in [5.41, 5.74) is 1.39. The fourth-order valence-corrected chi connectivity index (χ4v) is 2.40. The fraction of sp³-hybridized carbons (Fsp3) is 0.278. The highest BCUT2D eigenvalue weighted by Crippen LogP contribution is 2.34. The predicted molar refractivity (Wildman–Crippen MR) is 84.8 cm³/mol. The van der Waals surface area contributed by atoms with E-state index >= 15 is 0 Å². The minimum atomic E-state index is -1.14. The van der Waals surface area contributed by atoms with Crippen molar-refractivity contribution in [2.24, 2.45) is 0 Å². The van der Waals surface area contributed by atoms with Gasteiger partial charge in [0.15, 0.2) is 0 Å². The molecule has 0 fully saturated rings. The Morgan fingerprint density at radius 1 is 1.09 bits per heavy atom. The van der Waals surface area contributed by atoms with Crippen LogP contribution in [0, 0.1) is 0 Å². The van der Waals surface area contributed by atoms with Gasteiger partial charge in [0.25, 0.3) is 0 Å². The summed E-state index contributed by atoms with van der Waals surface area (Å²) in [6.07, 6.45) is 0. The van der Waals surface area contributed by atoms with Gasteiger partial charge < -0.3 is 14.9 Å². The highest BCUT2D eigenvalue weighted by molar-refractivity contribution is 5.91. The van der Waals surface area contributed by atoms with Crippen LogP contribution < -0.4 is 4.74 Å². The molecule has 0 radical (unpaired) electrons. The molecule has 4 nitrogen and oxygen atoms in total. The fourth-order valence-electron chi connectivity index (χ4n) is 2.40. The molecule has 0 aromatic heterocycles. The molecule has 0 aliphatic carbocycles. The second-order valence-electron chi connectivity index (χ2n) is 5.62. The molecule has 0 bridgehead atoms. The van der Waals surface area contributed by atoms with Gasteiger partial charge in [-0.05, 0) is 42.3 Å². The number of carboxylic acids is 1. The van der Waals surface area contributed by atoms with E-state index in [0.717, 1.165) is 16.9 Å². The molecule has 4 heteroatoms. The van der Waals surface area contributed by atoms with Crippen LogP contribution in [0.25, 0.3) is 0 Å². The molecule has 0 heterocycles. The quantitative estimate of drug-likeness (QED) is 0.881. The van der Waals surface area contributed by atoms with E-state index in [9.17, 15) is 9.90 Å². The molecule has 2 rings (SSSR count). The Labute approximate surface area is 130 Å². The first-order valence-electron chi connectivity index (χ1n) is 7.16. The van der Waals surface area contributed by atoms with Gasteiger partial charge >= 0.3 is 5.97 Å². The molecule has 2 aromatic rings. The average Bonchev–Trinajstić information content (AvgIpc) is 2.48. The summed E-state index contributed by atoms with van der Waals surface area (Å²) in [4.78, 5) is 11.2. The number of carbonyl (C=O) groups is 1. The van der Waals surface area contributed by atoms with Crippen LogP contribution in [-0.2, 0) is 5.41 Å². The molecule has 22 heavy (non-hydrogen) atoms. The Morgan fingerprint density at radius 3 is 2.23 bits per heavy atom. The van der Waals surface area contributed by atoms with Crippen LogP contribution in [0.2, 0.25) is 0 Å². The summed E-state index contributed by atoms with van der Waals surface area (Å²) in [5.74, 6) is -0.556. The molecule has 0 saturated heterocycles. The molecular formula is C18H20O4. The maximum atomic E-state index is 11.2. The number of phenols is 1. The third-order valence-corrected chi connectivity index (χ3v) is 3.84. The van der Waals surface area contributed by atoms with Crippen LogP contribution in [0.4, 0.5) is 0 Å². The van der Waals surface area contributed by atoms with Crippen LogP contribution >= 0.6 is 0 Å². The van der Waals surface area contributed by atoms with Gasteiger partial charge in [0.2, 0.25) is 0 Å². The number of hydrogen-bond donors (Lipinski definition) is 2. The van der Waals surface area contributed by atoms with Crippen LogP contribution in [-0.4, -0.2) is 22.8 Å². The molecule has 2 N–H and O–H groups in total. The zero-order chi connectivity index (χ0) is 16.3. The smallest absolute Gasteiger partial charge is 0.339 e. The Morgan fingerprint density at radius 2 is 1.68 bits per heavy atom. The highest BCUT2D eigenvalue weighted by atomic mass is 16.5. The van der Waals surface area contributed by atoms with E-state index in [1.165, 1.54) is 12.1 Å². The summed E-state index contributed by atoms with van der Waals surface area (Å²) in [5, 5.41) is 18.8. The van der Waals surface area contributed by atoms with Crippen molar-refractivity contribution in [3.8, 4) is 11.5 Å². The van der Waals surface area contributed by atoms with Gasteiger partial charge in [-0.15, -0.1) is 0 Å². The maximum Gasteiger partial charge on any atom is 0.339 e. The molecule has 0 atom stereocenters. The normalized spacial score (nSPS) is 11.2. The van der Waals surface area contributed by atoms with Gasteiger partial charge in [0.05, 0.1) is 6.61 Å². The molecular weight excluding hydrogens is 280 g/mol. The largest absolute Gasteiger partial charge is 0.507 e. The summed E-state index contributed by atoms with van der Waals surface area (Å²) < 4.78 is 5.43. The Balaban J connectivity index is 2.41. The first-order valence-corrected chi connectivity index (χ1v) is 7.16. The Hall–Kier alpha value is -2.49. The van der Waals surface area contributed by atoms with Crippen molar-refractivity contribution in [2.45, 2.75) is 26.2 Å². The average molecular weight is 300 g/mol. The summed E-state index contributed by atoms with van der Waals surface area (Å²) in [6.45, 7) is 6.58. The van der Waals surface area contributed by atoms with Gasteiger partial charge in [0.1, 0.15) is 17.1 Å². The predicted octanol–water partition coefficient (Wildman–Crippen LogP) is 3.82. The number of carboxylic acid groups (broad SMARTS) is 1. The SMILES string of the molecule is CCOc1ccc(C(C)(C)c2ccc(O)c(C(=O)O)c2)cc1. The van der Waals surface area contributed by atoms with E-state index in [1.54, 1.807) is 6.07 Å². The topological polar surface area (TPSA) is 66.8 Å². The van der Waals surface area contributed by atoms with Crippen molar-refractivity contribution in [1.82, 2.24) is 0 Å². The Bertz CT molecular complexity index is 672. The second-order valence-corrected chi connectivity index (χ2v) is 5.62. The van der Waals surface area contributed by atoms with E-state index in [4.69, 9.17) is 9.84 Å². The lowest BCUT2D eigenvalue weighted by molar-refractivity contribution is 0.0693. The van der Waals surface area contributed by atoms with Crippen molar-refractivity contribution >= 4 is 5.97 Å². The summed E-state index contributed by atoms with van der Waals surface area (Å²) in [7, 11) is 0. The van der Waals surface area contributed by atoms with E-state index in [-0.39, 0.29) is 16.7 Å². The summed E-state index contributed by atoms with van der Waals surface area (Å²) in [6, 6.07) is 12.4. The lowest BCUT2D eigenvalue weighted by Gasteiger charge is -2.26. The van der Waals surface area contributed by atoms with Gasteiger partial charge in [-0.25, -0.2) is 4.79 Å². The molecule has 0 spiro atoms. The van der Waals surface area contributed by atoms with Crippen LogP contribution in [0.1, 0.15) is 42.3 Å². The molecule has 0 unspecified atom stereocenters. The number of aromatic hydroxyl groups is 1. The zero-order valence-corrected chi connectivity index (χ0v) is 13.0. The molecule has 0 aliphatic rings. The highest BCUT2D eigenvalue weighted by Gasteiger charge is 2.25. The van der Waals surface area contributed by atoms with Crippen molar-refractivity contribution in [3.63, 3.8) is 0 Å². The van der Waals surface area contributed by atoms with Gasteiger partial charge in [0, 0.05) is 5.41 Å². The Kier molecular flexibility index (Phi) is 4.40. The van der Waals surface area contributed by atoms with E-state index in [2.05, 4.69) is 0 Å². The zero-order valence-electron chi connectivity index (χ0n) is 13.0. The maximum absolute atomic E-state index is 11.2. The lowest BCUT2D eigenvalue weighted by Crippen LogP contribution is -2.19. The summed E-state index contributed by atoms with van der Waals surface area (Å²) >= 11 is 0. The third-order valence-electron chi connectivity index (χ3n) is 3.84. The standard InChI is InChI=1S/C18H20O4/c1-4-22-14-8-5-12(6-9-14)18(2,3)13-7-10-16(19)15(11-13)17(20)21/h5-11,19H,4H2,1-3H3,(H,20,21). The first kappa shape index (κ1) is 15.9. The van der Waals surface area contributed by atoms with Crippen molar-refractivity contribution < 1.29 is 19.7 Å². The van der Waals surface area contributed by atoms with E-state index in [1.807, 2.05) is 45.0 Å². The van der Waals surface area contributed by atoms with Gasteiger partial charge in [-0.1, -0.05) is 32.0 Å². The number of hydrogen-bond acceptors (Lipinski definition) is 3. The number of aromatic carboxylic acids is 1. The molecule has 2 aromatic carbocycles. The lowest BCUT2D eigenvalue weighted by atomic mass is 9.77. The molecule has 116 valence electrons. The molecule has 0 saturated carbocycles. The first-order chi connectivity index (χ1) is 10.4. The van der Waals surface area contributed by atoms with Crippen LogP contribution in [0.5, 0.6) is 11.5 Å². The molecule has 0 aliphatic heterocycles. The van der Waals surface area contributed by atoms with Crippen molar-refractivity contribution in [2.75, 3.05) is 6.61 Å². The number of rotatable bonds is 5. The monoisotopic (exact) mass is 300 g/mol. The van der Waals surface area contributed by atoms with Crippen LogP contribution in [0.15, 0.2) is 42.5 Å². The minimum Gasteiger partial charge on any atom is -0.507 e.